The van der Waals surface area contributed by atoms with Crippen LogP contribution in [0, 0.1) is 0 Å². The molecule has 0 radical (unpaired) electrons. The van der Waals surface area contributed by atoms with E-state index in [9.17, 15) is 0 Å². The summed E-state index contributed by atoms with van der Waals surface area (Å²) in [5.41, 5.74) is 9.77. The first-order chi connectivity index (χ1) is 9.31. The third kappa shape index (κ3) is 1.96. The Morgan fingerprint density at radius 3 is 2.95 bits per heavy atom. The van der Waals surface area contributed by atoms with Crippen LogP contribution in [-0.2, 0) is 6.42 Å². The number of aryl methyl sites for hydroxylation is 1. The van der Waals surface area contributed by atoms with Crippen LogP contribution < -0.4 is 5.73 Å². The SMILES string of the molecule is NC1CCCc2cc(-c3nc(C4CC4)no3)ccc21. The zero-order chi connectivity index (χ0) is 12.8. The first kappa shape index (κ1) is 11.2. The number of aromatic nitrogens is 2. The zero-order valence-electron chi connectivity index (χ0n) is 10.8. The average molecular weight is 255 g/mol. The van der Waals surface area contributed by atoms with Crippen LogP contribution in [0.15, 0.2) is 22.7 Å². The van der Waals surface area contributed by atoms with Crippen molar-refractivity contribution in [2.45, 2.75) is 44.1 Å². The molecule has 4 nitrogen and oxygen atoms in total. The van der Waals surface area contributed by atoms with E-state index < -0.39 is 0 Å². The molecule has 0 aliphatic heterocycles. The minimum atomic E-state index is 0.183. The Balaban J connectivity index is 1.70. The molecule has 1 saturated carbocycles. The van der Waals surface area contributed by atoms with E-state index in [1.165, 1.54) is 24.0 Å². The lowest BCUT2D eigenvalue weighted by atomic mass is 9.87. The van der Waals surface area contributed by atoms with Crippen LogP contribution in [0.25, 0.3) is 11.5 Å². The van der Waals surface area contributed by atoms with Gasteiger partial charge in [-0.3, -0.25) is 0 Å². The number of benzene rings is 1. The predicted molar refractivity (Wildman–Crippen MR) is 71.6 cm³/mol. The van der Waals surface area contributed by atoms with Gasteiger partial charge in [-0.15, -0.1) is 0 Å². The fourth-order valence-corrected chi connectivity index (χ4v) is 2.84. The summed E-state index contributed by atoms with van der Waals surface area (Å²) in [5.74, 6) is 2.04. The van der Waals surface area contributed by atoms with Gasteiger partial charge in [0, 0.05) is 17.5 Å². The van der Waals surface area contributed by atoms with Crippen molar-refractivity contribution in [3.05, 3.63) is 35.2 Å². The van der Waals surface area contributed by atoms with E-state index in [1.54, 1.807) is 0 Å². The maximum atomic E-state index is 6.14. The molecule has 2 aliphatic carbocycles. The molecule has 1 fully saturated rings. The molecule has 1 aromatic heterocycles. The molecule has 1 unspecified atom stereocenters. The third-order valence-electron chi connectivity index (χ3n) is 4.13. The molecule has 2 aromatic rings. The van der Waals surface area contributed by atoms with Gasteiger partial charge in [-0.05, 0) is 55.4 Å². The molecule has 0 bridgehead atoms. The van der Waals surface area contributed by atoms with Gasteiger partial charge in [0.25, 0.3) is 5.89 Å². The van der Waals surface area contributed by atoms with E-state index in [2.05, 4.69) is 22.3 Å². The Bertz CT molecular complexity index is 616. The molecular weight excluding hydrogens is 238 g/mol. The van der Waals surface area contributed by atoms with E-state index in [0.717, 1.165) is 30.7 Å². The summed E-state index contributed by atoms with van der Waals surface area (Å²) in [6, 6.07) is 6.52. The Morgan fingerprint density at radius 1 is 1.21 bits per heavy atom. The molecule has 1 heterocycles. The third-order valence-corrected chi connectivity index (χ3v) is 4.13. The number of fused-ring (bicyclic) bond motifs is 1. The number of hydrogen-bond acceptors (Lipinski definition) is 4. The summed E-state index contributed by atoms with van der Waals surface area (Å²) < 4.78 is 5.38. The smallest absolute Gasteiger partial charge is 0.257 e. The van der Waals surface area contributed by atoms with Crippen LogP contribution in [0.5, 0.6) is 0 Å². The van der Waals surface area contributed by atoms with Gasteiger partial charge in [-0.25, -0.2) is 0 Å². The van der Waals surface area contributed by atoms with Crippen molar-refractivity contribution in [3.8, 4) is 11.5 Å². The molecule has 2 aliphatic rings. The van der Waals surface area contributed by atoms with Crippen LogP contribution in [0.1, 0.15) is 54.6 Å². The Labute approximate surface area is 112 Å². The summed E-state index contributed by atoms with van der Waals surface area (Å²) in [6.07, 6.45) is 5.73. The summed E-state index contributed by atoms with van der Waals surface area (Å²) in [7, 11) is 0. The van der Waals surface area contributed by atoms with Gasteiger partial charge >= 0.3 is 0 Å². The van der Waals surface area contributed by atoms with Crippen molar-refractivity contribution < 1.29 is 4.52 Å². The molecule has 0 spiro atoms. The highest BCUT2D eigenvalue weighted by atomic mass is 16.5. The van der Waals surface area contributed by atoms with Crippen LogP contribution in [0.3, 0.4) is 0 Å². The predicted octanol–water partition coefficient (Wildman–Crippen LogP) is 2.95. The van der Waals surface area contributed by atoms with E-state index in [4.69, 9.17) is 10.3 Å². The fraction of sp³-hybridized carbons (Fsp3) is 0.467. The molecule has 19 heavy (non-hydrogen) atoms. The zero-order valence-corrected chi connectivity index (χ0v) is 10.8. The second-order valence-electron chi connectivity index (χ2n) is 5.64. The molecule has 1 aromatic carbocycles. The molecular formula is C15H17N3O. The normalized spacial score (nSPS) is 22.3. The van der Waals surface area contributed by atoms with Crippen molar-refractivity contribution in [1.82, 2.24) is 10.1 Å². The highest BCUT2D eigenvalue weighted by Gasteiger charge is 2.29. The van der Waals surface area contributed by atoms with Gasteiger partial charge < -0.3 is 10.3 Å². The lowest BCUT2D eigenvalue weighted by Crippen LogP contribution is -2.17. The van der Waals surface area contributed by atoms with Crippen molar-refractivity contribution in [1.29, 1.82) is 0 Å². The quantitative estimate of drug-likeness (QED) is 0.896. The average Bonchev–Trinajstić information content (AvgIpc) is 3.16. The van der Waals surface area contributed by atoms with Crippen molar-refractivity contribution in [2.24, 2.45) is 5.73 Å². The minimum Gasteiger partial charge on any atom is -0.334 e. The Kier molecular flexibility index (Phi) is 2.45. The van der Waals surface area contributed by atoms with Crippen LogP contribution in [-0.4, -0.2) is 10.1 Å². The Morgan fingerprint density at radius 2 is 2.11 bits per heavy atom. The Hall–Kier alpha value is -1.68. The molecule has 98 valence electrons. The second-order valence-corrected chi connectivity index (χ2v) is 5.64. The van der Waals surface area contributed by atoms with Gasteiger partial charge in [0.05, 0.1) is 0 Å². The van der Waals surface area contributed by atoms with Gasteiger partial charge in [-0.2, -0.15) is 4.98 Å². The van der Waals surface area contributed by atoms with E-state index >= 15 is 0 Å². The fourth-order valence-electron chi connectivity index (χ4n) is 2.84. The van der Waals surface area contributed by atoms with Crippen molar-refractivity contribution in [3.63, 3.8) is 0 Å². The highest BCUT2D eigenvalue weighted by Crippen LogP contribution is 2.39. The first-order valence-corrected chi connectivity index (χ1v) is 7.03. The first-order valence-electron chi connectivity index (χ1n) is 7.03. The summed E-state index contributed by atoms with van der Waals surface area (Å²) in [6.45, 7) is 0. The second kappa shape index (κ2) is 4.17. The van der Waals surface area contributed by atoms with Crippen LogP contribution in [0.2, 0.25) is 0 Å². The summed E-state index contributed by atoms with van der Waals surface area (Å²) in [4.78, 5) is 4.50. The van der Waals surface area contributed by atoms with Crippen LogP contribution in [0.4, 0.5) is 0 Å². The molecule has 4 rings (SSSR count). The maximum absolute atomic E-state index is 6.14. The molecule has 1 atom stereocenters. The number of nitrogens with two attached hydrogens (primary N) is 1. The molecule has 0 amide bonds. The molecule has 4 heteroatoms. The van der Waals surface area contributed by atoms with E-state index in [-0.39, 0.29) is 6.04 Å². The number of nitrogens with zero attached hydrogens (tertiary/aromatic N) is 2. The van der Waals surface area contributed by atoms with Crippen molar-refractivity contribution in [2.75, 3.05) is 0 Å². The lowest BCUT2D eigenvalue weighted by Gasteiger charge is -2.22. The molecule has 2 N–H and O–H groups in total. The number of rotatable bonds is 2. The summed E-state index contributed by atoms with van der Waals surface area (Å²) in [5, 5.41) is 4.07. The van der Waals surface area contributed by atoms with E-state index in [1.807, 2.05) is 6.07 Å². The van der Waals surface area contributed by atoms with Crippen molar-refractivity contribution >= 4 is 0 Å². The summed E-state index contributed by atoms with van der Waals surface area (Å²) >= 11 is 0. The van der Waals surface area contributed by atoms with Gasteiger partial charge in [-0.1, -0.05) is 11.2 Å². The number of hydrogen-bond donors (Lipinski definition) is 1. The van der Waals surface area contributed by atoms with Crippen LogP contribution >= 0.6 is 0 Å². The lowest BCUT2D eigenvalue weighted by molar-refractivity contribution is 0.422. The minimum absolute atomic E-state index is 0.183. The molecule has 0 saturated heterocycles. The highest BCUT2D eigenvalue weighted by molar-refractivity contribution is 5.56. The maximum Gasteiger partial charge on any atom is 0.257 e. The van der Waals surface area contributed by atoms with Gasteiger partial charge in [0.2, 0.25) is 0 Å². The topological polar surface area (TPSA) is 64.9 Å². The standard InChI is InChI=1S/C15H17N3O/c16-13-3-1-2-10-8-11(6-7-12(10)13)15-17-14(18-19-15)9-4-5-9/h6-9,13H,1-5,16H2. The monoisotopic (exact) mass is 255 g/mol. The van der Waals surface area contributed by atoms with E-state index in [0.29, 0.717) is 11.8 Å². The van der Waals surface area contributed by atoms with Gasteiger partial charge in [0.15, 0.2) is 5.82 Å². The van der Waals surface area contributed by atoms with Gasteiger partial charge in [0.1, 0.15) is 0 Å². The largest absolute Gasteiger partial charge is 0.334 e.